The van der Waals surface area contributed by atoms with Crippen molar-refractivity contribution in [2.45, 2.75) is 58.8 Å². The molecule has 1 heterocycles. The predicted octanol–water partition coefficient (Wildman–Crippen LogP) is 3.23. The zero-order chi connectivity index (χ0) is 20.8. The maximum atomic E-state index is 12.6. The minimum Gasteiger partial charge on any atom is -0.455 e. The van der Waals surface area contributed by atoms with Crippen LogP contribution in [0.15, 0.2) is 47.1 Å². The fourth-order valence-corrected chi connectivity index (χ4v) is 3.41. The largest absolute Gasteiger partial charge is 0.455 e. The number of allylic oxidation sites excluding steroid dienone is 3. The minimum absolute atomic E-state index is 0.209. The van der Waals surface area contributed by atoms with Crippen molar-refractivity contribution >= 4 is 18.2 Å². The molecule has 0 N–H and O–H groups in total. The lowest BCUT2D eigenvalue weighted by Gasteiger charge is -2.33. The molecule has 0 amide bonds. The maximum absolute atomic E-state index is 12.6. The highest BCUT2D eigenvalue weighted by Gasteiger charge is 2.48. The lowest BCUT2D eigenvalue weighted by Crippen LogP contribution is -2.44. The van der Waals surface area contributed by atoms with Gasteiger partial charge in [0.15, 0.2) is 0 Å². The lowest BCUT2D eigenvalue weighted by atomic mass is 9.83. The van der Waals surface area contributed by atoms with Crippen molar-refractivity contribution in [1.82, 2.24) is 0 Å². The van der Waals surface area contributed by atoms with Crippen LogP contribution in [-0.2, 0) is 28.6 Å². The van der Waals surface area contributed by atoms with Gasteiger partial charge in [-0.25, -0.2) is 9.59 Å². The molecule has 0 aromatic rings. The Kier molecular flexibility index (Phi) is 7.52. The van der Waals surface area contributed by atoms with Gasteiger partial charge in [-0.2, -0.15) is 0 Å². The molecule has 0 saturated carbocycles. The third kappa shape index (κ3) is 4.68. The Labute approximate surface area is 165 Å². The van der Waals surface area contributed by atoms with Crippen LogP contribution in [0.3, 0.4) is 0 Å². The van der Waals surface area contributed by atoms with Crippen LogP contribution in [-0.4, -0.2) is 43.1 Å². The van der Waals surface area contributed by atoms with Crippen molar-refractivity contribution in [2.24, 2.45) is 5.92 Å². The molecule has 0 radical (unpaired) electrons. The molecule has 6 nitrogen and oxygen atoms in total. The molecule has 4 atom stereocenters. The van der Waals surface area contributed by atoms with E-state index in [9.17, 15) is 14.4 Å². The van der Waals surface area contributed by atoms with Crippen LogP contribution in [0.1, 0.15) is 40.5 Å². The first-order valence-electron chi connectivity index (χ1n) is 9.51. The van der Waals surface area contributed by atoms with Gasteiger partial charge in [0.1, 0.15) is 24.6 Å². The summed E-state index contributed by atoms with van der Waals surface area (Å²) in [5.74, 6) is -1.71. The van der Waals surface area contributed by atoms with E-state index in [0.717, 1.165) is 11.9 Å². The molecule has 6 heteroatoms. The number of hydrogen-bond acceptors (Lipinski definition) is 6. The van der Waals surface area contributed by atoms with Gasteiger partial charge < -0.3 is 14.2 Å². The lowest BCUT2D eigenvalue weighted by molar-refractivity contribution is -0.156. The Morgan fingerprint density at radius 1 is 1.43 bits per heavy atom. The minimum atomic E-state index is -0.926. The summed E-state index contributed by atoms with van der Waals surface area (Å²) in [6.45, 7) is 11.3. The molecule has 1 aliphatic heterocycles. The first-order valence-corrected chi connectivity index (χ1v) is 9.51. The quantitative estimate of drug-likeness (QED) is 0.311. The highest BCUT2D eigenvalue weighted by atomic mass is 16.6. The van der Waals surface area contributed by atoms with Crippen molar-refractivity contribution in [2.75, 3.05) is 6.61 Å². The van der Waals surface area contributed by atoms with Gasteiger partial charge in [0, 0.05) is 23.3 Å². The molecule has 2 rings (SSSR count). The second-order valence-corrected chi connectivity index (χ2v) is 7.01. The predicted molar refractivity (Wildman–Crippen MR) is 104 cm³/mol. The van der Waals surface area contributed by atoms with Gasteiger partial charge in [0.05, 0.1) is 5.92 Å². The molecule has 0 aromatic heterocycles. The highest BCUT2D eigenvalue weighted by Crippen LogP contribution is 2.37. The van der Waals surface area contributed by atoms with E-state index in [4.69, 9.17) is 14.2 Å². The smallest absolute Gasteiger partial charge is 0.334 e. The van der Waals surface area contributed by atoms with Gasteiger partial charge in [0.25, 0.3) is 0 Å². The molecule has 0 aromatic carbocycles. The zero-order valence-corrected chi connectivity index (χ0v) is 16.9. The second kappa shape index (κ2) is 9.64. The van der Waals surface area contributed by atoms with E-state index in [1.54, 1.807) is 32.9 Å². The molecule has 1 saturated heterocycles. The van der Waals surface area contributed by atoms with Crippen molar-refractivity contribution in [3.63, 3.8) is 0 Å². The number of hydrogen-bond donors (Lipinski definition) is 0. The average molecular weight is 388 g/mol. The topological polar surface area (TPSA) is 78.9 Å². The fourth-order valence-electron chi connectivity index (χ4n) is 3.41. The Hall–Kier alpha value is -2.47. The van der Waals surface area contributed by atoms with E-state index in [-0.39, 0.29) is 5.57 Å². The van der Waals surface area contributed by atoms with E-state index in [1.165, 1.54) is 0 Å². The number of rotatable bonds is 5. The van der Waals surface area contributed by atoms with E-state index < -0.39 is 36.2 Å². The zero-order valence-electron chi connectivity index (χ0n) is 16.9. The SMILES string of the molecule is C=C1C(=O)O[C@@H]2/C=C(/C)CC/C=C(/C=O)[C@H](OCC)[C@@H](OC(=O)/C(C)=C\C)[C@@H]12. The molecule has 152 valence electrons. The molecule has 28 heavy (non-hydrogen) atoms. The van der Waals surface area contributed by atoms with Crippen molar-refractivity contribution in [1.29, 1.82) is 0 Å². The number of fused-ring (bicyclic) bond motifs is 1. The molecule has 0 unspecified atom stereocenters. The van der Waals surface area contributed by atoms with E-state index in [2.05, 4.69) is 6.58 Å². The summed E-state index contributed by atoms with van der Waals surface area (Å²) in [5.41, 5.74) is 2.03. The van der Waals surface area contributed by atoms with E-state index in [1.807, 2.05) is 13.0 Å². The van der Waals surface area contributed by atoms with Crippen LogP contribution >= 0.6 is 0 Å². The number of aldehydes is 1. The van der Waals surface area contributed by atoms with Crippen molar-refractivity contribution in [3.05, 3.63) is 47.1 Å². The Morgan fingerprint density at radius 3 is 2.75 bits per heavy atom. The third-order valence-corrected chi connectivity index (χ3v) is 5.09. The van der Waals surface area contributed by atoms with Gasteiger partial charge in [-0.15, -0.1) is 0 Å². The normalized spacial score (nSPS) is 32.4. The Balaban J connectivity index is 2.59. The molecule has 0 bridgehead atoms. The molecule has 1 fully saturated rings. The maximum Gasteiger partial charge on any atom is 0.334 e. The summed E-state index contributed by atoms with van der Waals surface area (Å²) >= 11 is 0. The standard InChI is InChI=1S/C22H28O6/c1-6-14(4)21(24)28-20-18-15(5)22(25)27-17(18)11-13(3)9-8-10-16(12-23)19(20)26-7-2/h6,10-12,17-20H,5,7-9H2,1-4H3/b13-11-,14-6-,16-10-/t17-,18+,19+,20+/m1/s1. The van der Waals surface area contributed by atoms with Crippen LogP contribution in [0.5, 0.6) is 0 Å². The Morgan fingerprint density at radius 2 is 2.14 bits per heavy atom. The van der Waals surface area contributed by atoms with Gasteiger partial charge >= 0.3 is 11.9 Å². The molecular formula is C22H28O6. The van der Waals surface area contributed by atoms with Gasteiger partial charge in [-0.1, -0.05) is 24.3 Å². The molecule has 1 aliphatic carbocycles. The van der Waals surface area contributed by atoms with Gasteiger partial charge in [0.2, 0.25) is 0 Å². The van der Waals surface area contributed by atoms with Crippen molar-refractivity contribution < 1.29 is 28.6 Å². The van der Waals surface area contributed by atoms with Gasteiger partial charge in [-0.05, 0) is 46.6 Å². The van der Waals surface area contributed by atoms with Crippen LogP contribution in [0.2, 0.25) is 0 Å². The molecule has 2 aliphatic rings. The van der Waals surface area contributed by atoms with Crippen LogP contribution < -0.4 is 0 Å². The summed E-state index contributed by atoms with van der Waals surface area (Å²) in [6, 6.07) is 0. The highest BCUT2D eigenvalue weighted by molar-refractivity contribution is 5.92. The van der Waals surface area contributed by atoms with Crippen LogP contribution in [0.4, 0.5) is 0 Å². The third-order valence-electron chi connectivity index (χ3n) is 5.09. The molecule has 0 spiro atoms. The summed E-state index contributed by atoms with van der Waals surface area (Å²) < 4.78 is 17.1. The molecular weight excluding hydrogens is 360 g/mol. The van der Waals surface area contributed by atoms with E-state index in [0.29, 0.717) is 30.6 Å². The van der Waals surface area contributed by atoms with Crippen LogP contribution in [0.25, 0.3) is 0 Å². The fraction of sp³-hybridized carbons (Fsp3) is 0.500. The summed E-state index contributed by atoms with van der Waals surface area (Å²) in [6.07, 6.45) is 5.00. The first kappa shape index (κ1) is 21.8. The average Bonchev–Trinajstić information content (AvgIpc) is 2.94. The summed E-state index contributed by atoms with van der Waals surface area (Å²) in [5, 5.41) is 0. The number of carbonyl (C=O) groups is 3. The van der Waals surface area contributed by atoms with E-state index >= 15 is 0 Å². The number of carbonyl (C=O) groups excluding carboxylic acids is 3. The second-order valence-electron chi connectivity index (χ2n) is 7.01. The monoisotopic (exact) mass is 388 g/mol. The summed E-state index contributed by atoms with van der Waals surface area (Å²) in [4.78, 5) is 36.6. The number of esters is 2. The van der Waals surface area contributed by atoms with Crippen LogP contribution in [0, 0.1) is 5.92 Å². The number of ether oxygens (including phenoxy) is 3. The van der Waals surface area contributed by atoms with Crippen molar-refractivity contribution in [3.8, 4) is 0 Å². The summed E-state index contributed by atoms with van der Waals surface area (Å²) in [7, 11) is 0. The Bertz CT molecular complexity index is 742. The van der Waals surface area contributed by atoms with Gasteiger partial charge in [-0.3, -0.25) is 4.79 Å². The first-order chi connectivity index (χ1) is 13.3.